The summed E-state index contributed by atoms with van der Waals surface area (Å²) in [7, 11) is 0. The molecule has 0 aliphatic heterocycles. The van der Waals surface area contributed by atoms with Gasteiger partial charge in [-0.05, 0) is 6.92 Å². The maximum absolute atomic E-state index is 13.4. The molecule has 0 saturated carbocycles. The second kappa shape index (κ2) is 6.00. The second-order valence-electron chi connectivity index (χ2n) is 3.24. The Labute approximate surface area is 101 Å². The first-order valence-corrected chi connectivity index (χ1v) is 5.02. The van der Waals surface area contributed by atoms with Gasteiger partial charge in [0.15, 0.2) is 0 Å². The zero-order valence-electron chi connectivity index (χ0n) is 9.41. The van der Waals surface area contributed by atoms with Gasteiger partial charge in [-0.1, -0.05) is 0 Å². The molecule has 4 nitrogen and oxygen atoms in total. The Morgan fingerprint density at radius 3 is 2.78 bits per heavy atom. The Balaban J connectivity index is 3.24. The summed E-state index contributed by atoms with van der Waals surface area (Å²) >= 11 is 0. The van der Waals surface area contributed by atoms with Gasteiger partial charge in [0.2, 0.25) is 0 Å². The molecule has 96 valence electrons. The van der Waals surface area contributed by atoms with Crippen LogP contribution in [0.1, 0.15) is 30.2 Å². The van der Waals surface area contributed by atoms with Gasteiger partial charge in [-0.2, -0.15) is 5.26 Å². The Morgan fingerprint density at radius 1 is 1.61 bits per heavy atom. The van der Waals surface area contributed by atoms with Crippen LogP contribution in [0, 0.1) is 17.1 Å². The Hall–Kier alpha value is -2.10. The number of pyridine rings is 1. The zero-order valence-corrected chi connectivity index (χ0v) is 9.41. The molecule has 0 bridgehead atoms. The maximum Gasteiger partial charge on any atom is 0.310 e. The quantitative estimate of drug-likeness (QED) is 0.776. The number of ether oxygens (including phenoxy) is 1. The van der Waals surface area contributed by atoms with Crippen molar-refractivity contribution in [2.45, 2.75) is 19.8 Å². The van der Waals surface area contributed by atoms with E-state index in [1.165, 1.54) is 13.0 Å². The number of esters is 1. The topological polar surface area (TPSA) is 63.0 Å². The van der Waals surface area contributed by atoms with Crippen LogP contribution in [-0.2, 0) is 16.0 Å². The van der Waals surface area contributed by atoms with E-state index in [4.69, 9.17) is 5.26 Å². The van der Waals surface area contributed by atoms with Crippen molar-refractivity contribution in [3.05, 3.63) is 28.8 Å². The Bertz CT molecular complexity index is 498. The van der Waals surface area contributed by atoms with Gasteiger partial charge < -0.3 is 4.74 Å². The van der Waals surface area contributed by atoms with Crippen LogP contribution in [0.3, 0.4) is 0 Å². The van der Waals surface area contributed by atoms with Crippen LogP contribution in [0.4, 0.5) is 13.2 Å². The molecule has 1 aromatic rings. The molecule has 0 fully saturated rings. The van der Waals surface area contributed by atoms with Crippen molar-refractivity contribution in [3.63, 3.8) is 0 Å². The molecule has 0 aliphatic carbocycles. The summed E-state index contributed by atoms with van der Waals surface area (Å²) in [4.78, 5) is 14.5. The molecule has 1 rings (SSSR count). The van der Waals surface area contributed by atoms with E-state index in [-0.39, 0.29) is 6.61 Å². The van der Waals surface area contributed by atoms with Crippen LogP contribution in [0.15, 0.2) is 6.20 Å². The van der Waals surface area contributed by atoms with Crippen molar-refractivity contribution in [3.8, 4) is 6.07 Å². The van der Waals surface area contributed by atoms with E-state index in [9.17, 15) is 18.0 Å². The largest absolute Gasteiger partial charge is 0.466 e. The van der Waals surface area contributed by atoms with Gasteiger partial charge >= 0.3 is 5.97 Å². The number of carbonyl (C=O) groups excluding carboxylic acids is 1. The molecule has 0 unspecified atom stereocenters. The minimum atomic E-state index is -3.09. The molecule has 0 atom stereocenters. The van der Waals surface area contributed by atoms with Crippen molar-refractivity contribution >= 4 is 5.97 Å². The number of rotatable bonds is 4. The molecule has 18 heavy (non-hydrogen) atoms. The molecule has 0 aromatic carbocycles. The summed E-state index contributed by atoms with van der Waals surface area (Å²) in [5, 5.41) is 8.64. The number of carbonyl (C=O) groups is 1. The summed E-state index contributed by atoms with van der Waals surface area (Å²) in [6.45, 7) is 1.59. The second-order valence-corrected chi connectivity index (χ2v) is 3.24. The van der Waals surface area contributed by atoms with Crippen LogP contribution in [-0.4, -0.2) is 17.6 Å². The third-order valence-electron chi connectivity index (χ3n) is 2.13. The van der Waals surface area contributed by atoms with Crippen LogP contribution < -0.4 is 0 Å². The third-order valence-corrected chi connectivity index (χ3v) is 2.13. The minimum Gasteiger partial charge on any atom is -0.466 e. The highest BCUT2D eigenvalue weighted by molar-refractivity contribution is 5.73. The summed E-state index contributed by atoms with van der Waals surface area (Å²) in [5.74, 6) is -1.90. The average Bonchev–Trinajstić information content (AvgIpc) is 2.31. The normalized spacial score (nSPS) is 10.2. The smallest absolute Gasteiger partial charge is 0.310 e. The number of hydrogen-bond acceptors (Lipinski definition) is 4. The molecule has 7 heteroatoms. The number of nitrogens with zero attached hydrogens (tertiary/aromatic N) is 2. The predicted octanol–water partition coefficient (Wildman–Crippen LogP) is 2.14. The molecule has 0 amide bonds. The van der Waals surface area contributed by atoms with Gasteiger partial charge in [0.1, 0.15) is 17.6 Å². The van der Waals surface area contributed by atoms with Gasteiger partial charge in [-0.3, -0.25) is 4.79 Å². The first kappa shape index (κ1) is 14.0. The lowest BCUT2D eigenvalue weighted by Gasteiger charge is -2.10. The number of aromatic nitrogens is 1. The lowest BCUT2D eigenvalue weighted by Crippen LogP contribution is -2.13. The van der Waals surface area contributed by atoms with Crippen molar-refractivity contribution in [1.82, 2.24) is 4.98 Å². The number of nitriles is 1. The summed E-state index contributed by atoms with van der Waals surface area (Å²) < 4.78 is 43.5. The molecule has 0 saturated heterocycles. The van der Waals surface area contributed by atoms with Crippen LogP contribution >= 0.6 is 0 Å². The van der Waals surface area contributed by atoms with E-state index in [1.807, 2.05) is 0 Å². The fourth-order valence-corrected chi connectivity index (χ4v) is 1.40. The van der Waals surface area contributed by atoms with Gasteiger partial charge in [-0.15, -0.1) is 0 Å². The average molecular weight is 258 g/mol. The molecule has 1 heterocycles. The zero-order chi connectivity index (χ0) is 13.7. The van der Waals surface area contributed by atoms with Crippen LogP contribution in [0.5, 0.6) is 0 Å². The molecule has 0 radical (unpaired) electrons. The monoisotopic (exact) mass is 258 g/mol. The van der Waals surface area contributed by atoms with Crippen molar-refractivity contribution < 1.29 is 22.7 Å². The van der Waals surface area contributed by atoms with Crippen LogP contribution in [0.25, 0.3) is 0 Å². The van der Waals surface area contributed by atoms with E-state index in [1.54, 1.807) is 0 Å². The van der Waals surface area contributed by atoms with E-state index < -0.39 is 41.5 Å². The van der Waals surface area contributed by atoms with Crippen molar-refractivity contribution in [2.24, 2.45) is 0 Å². The van der Waals surface area contributed by atoms with Gasteiger partial charge in [0.25, 0.3) is 6.43 Å². The lowest BCUT2D eigenvalue weighted by atomic mass is 10.0. The predicted molar refractivity (Wildman–Crippen MR) is 54.2 cm³/mol. The minimum absolute atomic E-state index is 0.0562. The number of halogens is 3. The van der Waals surface area contributed by atoms with E-state index in [0.717, 1.165) is 0 Å². The fourth-order valence-electron chi connectivity index (χ4n) is 1.40. The molecule has 0 spiro atoms. The highest BCUT2D eigenvalue weighted by Gasteiger charge is 2.24. The van der Waals surface area contributed by atoms with Gasteiger partial charge in [-0.25, -0.2) is 18.2 Å². The first-order chi connectivity index (χ1) is 8.51. The summed E-state index contributed by atoms with van der Waals surface area (Å²) in [6, 6.07) is 1.44. The van der Waals surface area contributed by atoms with Gasteiger partial charge in [0, 0.05) is 5.56 Å². The third kappa shape index (κ3) is 2.97. The SMILES string of the molecule is CCOC(=O)Cc1c(F)cnc(C#N)c1C(F)F. The number of alkyl halides is 2. The first-order valence-electron chi connectivity index (χ1n) is 5.02. The van der Waals surface area contributed by atoms with Crippen LogP contribution in [0.2, 0.25) is 0 Å². The fraction of sp³-hybridized carbons (Fsp3) is 0.364. The van der Waals surface area contributed by atoms with Crippen molar-refractivity contribution in [1.29, 1.82) is 5.26 Å². The molecular formula is C11H9F3N2O2. The lowest BCUT2D eigenvalue weighted by molar-refractivity contribution is -0.142. The van der Waals surface area contributed by atoms with E-state index >= 15 is 0 Å². The summed E-state index contributed by atoms with van der Waals surface area (Å²) in [5.41, 5.74) is -1.99. The molecule has 1 aromatic heterocycles. The molecule has 0 N–H and O–H groups in total. The maximum atomic E-state index is 13.4. The standard InChI is InChI=1S/C11H9F3N2O2/c1-2-18-9(17)3-6-7(12)5-16-8(4-15)10(6)11(13)14/h5,11H,2-3H2,1H3. The van der Waals surface area contributed by atoms with Crippen molar-refractivity contribution in [2.75, 3.05) is 6.61 Å². The highest BCUT2D eigenvalue weighted by atomic mass is 19.3. The van der Waals surface area contributed by atoms with E-state index in [2.05, 4.69) is 9.72 Å². The highest BCUT2D eigenvalue weighted by Crippen LogP contribution is 2.27. The van der Waals surface area contributed by atoms with E-state index in [0.29, 0.717) is 6.20 Å². The molecular weight excluding hydrogens is 249 g/mol. The summed E-state index contributed by atoms with van der Waals surface area (Å²) in [6.07, 6.45) is -3.11. The molecule has 0 aliphatic rings. The Morgan fingerprint density at radius 2 is 2.28 bits per heavy atom. The Kier molecular flexibility index (Phi) is 4.66. The van der Waals surface area contributed by atoms with Gasteiger partial charge in [0.05, 0.1) is 24.8 Å². The number of hydrogen-bond donors (Lipinski definition) is 0.